The second kappa shape index (κ2) is 10.0. The van der Waals surface area contributed by atoms with Crippen molar-refractivity contribution in [3.05, 3.63) is 23.7 Å². The fourth-order valence-corrected chi connectivity index (χ4v) is 4.12. The largest absolute Gasteiger partial charge is 0.465 e. The first-order valence-corrected chi connectivity index (χ1v) is 10.4. The molecule has 0 bridgehead atoms. The number of carboxylic acid groups (broad SMARTS) is 1. The van der Waals surface area contributed by atoms with Gasteiger partial charge in [-0.1, -0.05) is 12.1 Å². The van der Waals surface area contributed by atoms with Gasteiger partial charge >= 0.3 is 12.3 Å². The number of carbonyl (C=O) groups is 2. The monoisotopic (exact) mass is 457 g/mol. The van der Waals surface area contributed by atoms with E-state index < -0.39 is 24.7 Å². The zero-order chi connectivity index (χ0) is 23.3. The number of nitrogens with one attached hydrogen (secondary N) is 3. The summed E-state index contributed by atoms with van der Waals surface area (Å²) in [6.45, 7) is 0.686. The molecular weight excluding hydrogens is 431 g/mol. The first-order valence-electron chi connectivity index (χ1n) is 10.4. The van der Waals surface area contributed by atoms with Crippen LogP contribution in [0.4, 0.5) is 23.8 Å². The van der Waals surface area contributed by atoms with Crippen molar-refractivity contribution in [1.29, 1.82) is 0 Å². The molecule has 2 amide bonds. The van der Waals surface area contributed by atoms with E-state index in [-0.39, 0.29) is 24.1 Å². The van der Waals surface area contributed by atoms with Gasteiger partial charge in [0, 0.05) is 29.9 Å². The summed E-state index contributed by atoms with van der Waals surface area (Å²) in [7, 11) is 0. The van der Waals surface area contributed by atoms with E-state index in [1.165, 1.54) is 0 Å². The minimum Gasteiger partial charge on any atom is -0.465 e. The number of hydrogen-bond acceptors (Lipinski definition) is 5. The molecule has 10 nitrogen and oxygen atoms in total. The van der Waals surface area contributed by atoms with Gasteiger partial charge in [-0.15, -0.1) is 5.10 Å². The zero-order valence-corrected chi connectivity index (χ0v) is 17.5. The summed E-state index contributed by atoms with van der Waals surface area (Å²) in [4.78, 5) is 23.1. The summed E-state index contributed by atoms with van der Waals surface area (Å²) < 4.78 is 37.8. The summed E-state index contributed by atoms with van der Waals surface area (Å²) in [6, 6.07) is 1.68. The Morgan fingerprint density at radius 3 is 2.84 bits per heavy atom. The van der Waals surface area contributed by atoms with Gasteiger partial charge in [0.15, 0.2) is 5.82 Å². The molecule has 0 saturated heterocycles. The van der Waals surface area contributed by atoms with E-state index in [9.17, 15) is 22.8 Å². The highest BCUT2D eigenvalue weighted by atomic mass is 19.4. The zero-order valence-electron chi connectivity index (χ0n) is 17.5. The smallest absolute Gasteiger partial charge is 0.408 e. The number of hydrogen-bond donors (Lipinski definition) is 4. The molecule has 2 aromatic rings. The molecule has 1 saturated carbocycles. The normalized spacial score (nSPS) is 19.6. The van der Waals surface area contributed by atoms with Gasteiger partial charge in [-0.3, -0.25) is 9.89 Å². The lowest BCUT2D eigenvalue weighted by atomic mass is 9.95. The van der Waals surface area contributed by atoms with E-state index in [1.54, 1.807) is 6.07 Å². The molecule has 3 unspecified atom stereocenters. The number of alkyl halides is 3. The first-order chi connectivity index (χ1) is 15.1. The van der Waals surface area contributed by atoms with Crippen LogP contribution in [0.3, 0.4) is 0 Å². The molecule has 0 aliphatic heterocycles. The Kier molecular flexibility index (Phi) is 7.36. The molecule has 0 spiro atoms. The van der Waals surface area contributed by atoms with Gasteiger partial charge in [-0.05, 0) is 38.0 Å². The van der Waals surface area contributed by atoms with Crippen molar-refractivity contribution in [2.24, 2.45) is 5.92 Å². The van der Waals surface area contributed by atoms with E-state index >= 15 is 0 Å². The van der Waals surface area contributed by atoms with Crippen LogP contribution >= 0.6 is 0 Å². The van der Waals surface area contributed by atoms with Gasteiger partial charge in [0.1, 0.15) is 6.54 Å². The van der Waals surface area contributed by atoms with E-state index in [2.05, 4.69) is 31.1 Å². The van der Waals surface area contributed by atoms with Gasteiger partial charge < -0.3 is 15.7 Å². The minimum atomic E-state index is -4.41. The minimum absolute atomic E-state index is 0.0676. The second-order valence-electron chi connectivity index (χ2n) is 8.12. The van der Waals surface area contributed by atoms with Crippen molar-refractivity contribution in [2.45, 2.75) is 70.1 Å². The number of amides is 2. The lowest BCUT2D eigenvalue weighted by molar-refractivity contribution is -0.142. The molecule has 2 heterocycles. The van der Waals surface area contributed by atoms with Gasteiger partial charge in [0.2, 0.25) is 5.91 Å². The predicted octanol–water partition coefficient (Wildman–Crippen LogP) is 3.06. The molecule has 3 atom stereocenters. The number of rotatable bonds is 9. The van der Waals surface area contributed by atoms with E-state index in [0.717, 1.165) is 44.0 Å². The van der Waals surface area contributed by atoms with Crippen LogP contribution in [0.15, 0.2) is 12.3 Å². The van der Waals surface area contributed by atoms with Crippen molar-refractivity contribution in [3.8, 4) is 0 Å². The van der Waals surface area contributed by atoms with Crippen LogP contribution in [0.2, 0.25) is 0 Å². The summed E-state index contributed by atoms with van der Waals surface area (Å²) in [5, 5.41) is 28.1. The van der Waals surface area contributed by atoms with Crippen molar-refractivity contribution in [3.63, 3.8) is 0 Å². The Hall–Kier alpha value is -3.12. The molecular formula is C19H26F3N7O3. The molecule has 1 fully saturated rings. The molecule has 3 rings (SSSR count). The fraction of sp³-hybridized carbons (Fsp3) is 0.632. The molecule has 176 valence electrons. The predicted molar refractivity (Wildman–Crippen MR) is 107 cm³/mol. The number of carbonyl (C=O) groups excluding carboxylic acids is 1. The topological polar surface area (TPSA) is 138 Å². The number of H-pyrrole nitrogens is 1. The van der Waals surface area contributed by atoms with Crippen LogP contribution in [0, 0.1) is 5.92 Å². The van der Waals surface area contributed by atoms with Crippen LogP contribution in [-0.2, 0) is 17.8 Å². The Morgan fingerprint density at radius 1 is 1.38 bits per heavy atom. The SMILES string of the molecule is CCC(CC1CCC(c2cc(NC(=O)Cc3cn(CC(F)(F)F)nn3)n[nH]2)C1)NC(=O)O. The quantitative estimate of drug-likeness (QED) is 0.457. The van der Waals surface area contributed by atoms with Gasteiger partial charge in [-0.2, -0.15) is 18.3 Å². The summed E-state index contributed by atoms with van der Waals surface area (Å²) in [5.74, 6) is 0.507. The Bertz CT molecular complexity index is 927. The van der Waals surface area contributed by atoms with E-state index in [4.69, 9.17) is 5.11 Å². The highest BCUT2D eigenvalue weighted by molar-refractivity contribution is 5.91. The average Bonchev–Trinajstić information content (AvgIpc) is 3.41. The molecule has 2 aromatic heterocycles. The summed E-state index contributed by atoms with van der Waals surface area (Å²) in [6.07, 6.45) is -0.224. The van der Waals surface area contributed by atoms with E-state index in [0.29, 0.717) is 16.4 Å². The van der Waals surface area contributed by atoms with Crippen LogP contribution in [0.5, 0.6) is 0 Å². The lowest BCUT2D eigenvalue weighted by Crippen LogP contribution is -2.34. The molecule has 13 heteroatoms. The highest BCUT2D eigenvalue weighted by Crippen LogP contribution is 2.40. The van der Waals surface area contributed by atoms with Crippen molar-refractivity contribution < 1.29 is 27.9 Å². The molecule has 1 aliphatic carbocycles. The molecule has 1 aliphatic rings. The Balaban J connectivity index is 1.48. The van der Waals surface area contributed by atoms with Gasteiger partial charge in [0.05, 0.1) is 12.1 Å². The maximum Gasteiger partial charge on any atom is 0.408 e. The second-order valence-corrected chi connectivity index (χ2v) is 8.12. The molecule has 32 heavy (non-hydrogen) atoms. The third-order valence-corrected chi connectivity index (χ3v) is 5.55. The van der Waals surface area contributed by atoms with Crippen LogP contribution in [0.25, 0.3) is 0 Å². The van der Waals surface area contributed by atoms with Crippen molar-refractivity contribution in [1.82, 2.24) is 30.5 Å². The number of nitrogens with zero attached hydrogens (tertiary/aromatic N) is 4. The first kappa shape index (κ1) is 23.5. The third kappa shape index (κ3) is 6.95. The number of halogens is 3. The van der Waals surface area contributed by atoms with Crippen molar-refractivity contribution in [2.75, 3.05) is 5.32 Å². The van der Waals surface area contributed by atoms with Crippen molar-refractivity contribution >= 4 is 17.8 Å². The van der Waals surface area contributed by atoms with Gasteiger partial charge in [0.25, 0.3) is 0 Å². The van der Waals surface area contributed by atoms with E-state index in [1.807, 2.05) is 6.92 Å². The molecule has 0 aromatic carbocycles. The van der Waals surface area contributed by atoms with Crippen LogP contribution in [-0.4, -0.2) is 54.5 Å². The number of aromatic nitrogens is 5. The third-order valence-electron chi connectivity index (χ3n) is 5.55. The highest BCUT2D eigenvalue weighted by Gasteiger charge is 2.30. The summed E-state index contributed by atoms with van der Waals surface area (Å²) in [5.41, 5.74) is 1.01. The van der Waals surface area contributed by atoms with Crippen LogP contribution < -0.4 is 10.6 Å². The Morgan fingerprint density at radius 2 is 2.16 bits per heavy atom. The van der Waals surface area contributed by atoms with Crippen LogP contribution in [0.1, 0.15) is 56.3 Å². The fourth-order valence-electron chi connectivity index (χ4n) is 4.12. The lowest BCUT2D eigenvalue weighted by Gasteiger charge is -2.19. The standard InChI is InChI=1S/C19H26F3N7O3/c1-2-13(23-18(31)32)6-11-3-4-12(5-11)15-8-16(27-26-15)24-17(30)7-14-9-29(28-25-14)10-19(20,21)22/h8-9,11-13,23H,2-7,10H2,1H3,(H,31,32)(H2,24,26,27,30). The Labute approximate surface area is 181 Å². The molecule has 4 N–H and O–H groups in total. The molecule has 0 radical (unpaired) electrons. The maximum absolute atomic E-state index is 12.4. The number of anilines is 1. The van der Waals surface area contributed by atoms with Gasteiger partial charge in [-0.25, -0.2) is 9.48 Å². The maximum atomic E-state index is 12.4. The number of aromatic amines is 1. The average molecular weight is 457 g/mol. The summed E-state index contributed by atoms with van der Waals surface area (Å²) >= 11 is 0.